The van der Waals surface area contributed by atoms with Gasteiger partial charge in [0.25, 0.3) is 0 Å². The van der Waals surface area contributed by atoms with E-state index in [1.165, 1.54) is 0 Å². The van der Waals surface area contributed by atoms with Crippen molar-refractivity contribution in [1.82, 2.24) is 50.6 Å². The quantitative estimate of drug-likeness (QED) is 0.518. The van der Waals surface area contributed by atoms with Crippen LogP contribution in [-0.4, -0.2) is 57.7 Å². The van der Waals surface area contributed by atoms with Crippen LogP contribution in [0.5, 0.6) is 0 Å². The van der Waals surface area contributed by atoms with E-state index in [0.29, 0.717) is 23.8 Å². The van der Waals surface area contributed by atoms with Gasteiger partial charge in [0.2, 0.25) is 11.6 Å². The van der Waals surface area contributed by atoms with Crippen molar-refractivity contribution < 1.29 is 4.74 Å². The number of pyridine rings is 1. The molecule has 4 aromatic heterocycles. The third-order valence-corrected chi connectivity index (χ3v) is 3.75. The predicted octanol–water partition coefficient (Wildman–Crippen LogP) is 0.348. The Morgan fingerprint density at radius 3 is 2.79 bits per heavy atom. The van der Waals surface area contributed by atoms with Crippen molar-refractivity contribution in [3.63, 3.8) is 0 Å². The molecule has 0 bridgehead atoms. The molecule has 4 rings (SSSR count). The second-order valence-electron chi connectivity index (χ2n) is 5.14. The molecule has 0 aliphatic heterocycles. The van der Waals surface area contributed by atoms with Crippen molar-refractivity contribution >= 4 is 5.65 Å². The summed E-state index contributed by atoms with van der Waals surface area (Å²) in [6, 6.07) is 5.94. The lowest BCUT2D eigenvalue weighted by atomic mass is 10.1. The fourth-order valence-corrected chi connectivity index (χ4v) is 2.59. The summed E-state index contributed by atoms with van der Waals surface area (Å²) in [5.74, 6) is 1.01. The third kappa shape index (κ3) is 2.60. The minimum Gasteiger partial charge on any atom is -0.373 e. The van der Waals surface area contributed by atoms with Crippen LogP contribution in [0.25, 0.3) is 17.2 Å². The van der Waals surface area contributed by atoms with E-state index < -0.39 is 0 Å². The normalized spacial score (nSPS) is 12.7. The summed E-state index contributed by atoms with van der Waals surface area (Å²) in [5, 5.41) is 27.9. The van der Waals surface area contributed by atoms with Gasteiger partial charge in [0, 0.05) is 19.0 Å². The van der Waals surface area contributed by atoms with E-state index in [1.54, 1.807) is 7.11 Å². The van der Waals surface area contributed by atoms with E-state index in [9.17, 15) is 0 Å². The molecule has 0 spiro atoms. The van der Waals surface area contributed by atoms with Gasteiger partial charge in [-0.1, -0.05) is 11.3 Å². The van der Waals surface area contributed by atoms with Crippen LogP contribution in [-0.2, 0) is 11.2 Å². The Labute approximate surface area is 135 Å². The number of hydrogen-bond donors (Lipinski definition) is 2. The van der Waals surface area contributed by atoms with Crippen molar-refractivity contribution in [3.8, 4) is 11.5 Å². The van der Waals surface area contributed by atoms with Gasteiger partial charge in [0.05, 0.1) is 0 Å². The first-order valence-corrected chi connectivity index (χ1v) is 7.32. The largest absolute Gasteiger partial charge is 0.373 e. The lowest BCUT2D eigenvalue weighted by molar-refractivity contribution is 0.0883. The molecule has 2 N–H and O–H groups in total. The molecule has 0 aliphatic carbocycles. The summed E-state index contributed by atoms with van der Waals surface area (Å²) in [6.07, 6.45) is 3.14. The van der Waals surface area contributed by atoms with Gasteiger partial charge in [0.1, 0.15) is 17.4 Å². The van der Waals surface area contributed by atoms with E-state index in [2.05, 4.69) is 46.2 Å². The number of fused-ring (bicyclic) bond motifs is 1. The van der Waals surface area contributed by atoms with Crippen LogP contribution in [0.3, 0.4) is 0 Å². The monoisotopic (exact) mass is 326 g/mol. The van der Waals surface area contributed by atoms with Gasteiger partial charge < -0.3 is 9.14 Å². The zero-order valence-electron chi connectivity index (χ0n) is 12.8. The maximum absolute atomic E-state index is 5.45. The van der Waals surface area contributed by atoms with Gasteiger partial charge in [0.15, 0.2) is 0 Å². The number of nitrogens with zero attached hydrogens (tertiary/aromatic N) is 8. The minimum atomic E-state index is -0.223. The average molecular weight is 326 g/mol. The number of aromatic amines is 2. The number of imidazole rings is 1. The van der Waals surface area contributed by atoms with Crippen molar-refractivity contribution in [2.45, 2.75) is 18.9 Å². The Hall–Kier alpha value is -3.21. The van der Waals surface area contributed by atoms with Crippen LogP contribution in [0.15, 0.2) is 24.4 Å². The highest BCUT2D eigenvalue weighted by Crippen LogP contribution is 2.21. The smallest absolute Gasteiger partial charge is 0.224 e. The maximum Gasteiger partial charge on any atom is 0.224 e. The summed E-state index contributed by atoms with van der Waals surface area (Å²) < 4.78 is 7.46. The number of hydrogen-bond acceptors (Lipinski definition) is 8. The Morgan fingerprint density at radius 2 is 2.04 bits per heavy atom. The predicted molar refractivity (Wildman–Crippen MR) is 80.6 cm³/mol. The first-order valence-electron chi connectivity index (χ1n) is 7.32. The second kappa shape index (κ2) is 6.12. The summed E-state index contributed by atoms with van der Waals surface area (Å²) >= 11 is 0. The molecule has 1 atom stereocenters. The summed E-state index contributed by atoms with van der Waals surface area (Å²) in [6.45, 7) is 0. The molecular weight excluding hydrogens is 312 g/mol. The molecule has 0 aliphatic rings. The summed E-state index contributed by atoms with van der Waals surface area (Å²) in [4.78, 5) is 4.52. The highest BCUT2D eigenvalue weighted by Gasteiger charge is 2.17. The molecule has 0 fully saturated rings. The molecule has 4 aromatic rings. The highest BCUT2D eigenvalue weighted by molar-refractivity contribution is 5.55. The van der Waals surface area contributed by atoms with E-state index in [-0.39, 0.29) is 6.10 Å². The molecule has 122 valence electrons. The van der Waals surface area contributed by atoms with Crippen molar-refractivity contribution in [2.75, 3.05) is 7.11 Å². The topological polar surface area (TPSA) is 135 Å². The Balaban J connectivity index is 1.60. The number of tetrazole rings is 2. The molecule has 0 aromatic carbocycles. The zero-order chi connectivity index (χ0) is 16.4. The van der Waals surface area contributed by atoms with Crippen molar-refractivity contribution in [2.24, 2.45) is 0 Å². The fourth-order valence-electron chi connectivity index (χ4n) is 2.59. The number of aromatic nitrogens is 10. The number of ether oxygens (including phenoxy) is 1. The average Bonchev–Trinajstić information content (AvgIpc) is 3.35. The lowest BCUT2D eigenvalue weighted by Crippen LogP contribution is -2.07. The maximum atomic E-state index is 5.45. The molecule has 1 unspecified atom stereocenters. The van der Waals surface area contributed by atoms with Crippen LogP contribution >= 0.6 is 0 Å². The Kier molecular flexibility index (Phi) is 3.67. The third-order valence-electron chi connectivity index (χ3n) is 3.75. The number of aryl methyl sites for hydroxylation is 1. The molecule has 0 saturated carbocycles. The molecule has 0 saturated heterocycles. The van der Waals surface area contributed by atoms with E-state index in [0.717, 1.165) is 17.8 Å². The lowest BCUT2D eigenvalue weighted by Gasteiger charge is -2.11. The standard InChI is InChI=1S/C13H14N10O/c1-24-10(13-17-21-22-18-13)6-5-8-3-2-4-11-14-9(7-23(8)11)12-15-19-20-16-12/h2-4,7,10H,5-6H2,1H3,(H,15,16,19,20)(H,17,18,21,22). The fraction of sp³-hybridized carbons (Fsp3) is 0.308. The van der Waals surface area contributed by atoms with E-state index in [4.69, 9.17) is 4.74 Å². The molecule has 11 nitrogen and oxygen atoms in total. The van der Waals surface area contributed by atoms with Crippen LogP contribution in [0.2, 0.25) is 0 Å². The number of methoxy groups -OCH3 is 1. The van der Waals surface area contributed by atoms with E-state index in [1.807, 2.05) is 28.8 Å². The van der Waals surface area contributed by atoms with E-state index >= 15 is 0 Å². The van der Waals surface area contributed by atoms with Gasteiger partial charge in [-0.2, -0.15) is 10.4 Å². The van der Waals surface area contributed by atoms with Crippen molar-refractivity contribution in [3.05, 3.63) is 35.9 Å². The minimum absolute atomic E-state index is 0.223. The molecule has 24 heavy (non-hydrogen) atoms. The Morgan fingerprint density at radius 1 is 1.17 bits per heavy atom. The zero-order valence-corrected chi connectivity index (χ0v) is 12.8. The molecule has 11 heteroatoms. The number of nitrogens with one attached hydrogen (secondary N) is 2. The van der Waals surface area contributed by atoms with Gasteiger partial charge >= 0.3 is 0 Å². The first-order chi connectivity index (χ1) is 11.8. The van der Waals surface area contributed by atoms with Crippen LogP contribution in [0, 0.1) is 0 Å². The van der Waals surface area contributed by atoms with Gasteiger partial charge in [-0.05, 0) is 30.2 Å². The van der Waals surface area contributed by atoms with Gasteiger partial charge in [-0.15, -0.1) is 20.4 Å². The summed E-state index contributed by atoms with van der Waals surface area (Å²) in [5.41, 5.74) is 2.57. The van der Waals surface area contributed by atoms with Crippen molar-refractivity contribution in [1.29, 1.82) is 0 Å². The number of H-pyrrole nitrogens is 2. The molecule has 4 heterocycles. The summed E-state index contributed by atoms with van der Waals surface area (Å²) in [7, 11) is 1.63. The number of rotatable bonds is 6. The van der Waals surface area contributed by atoms with Gasteiger partial charge in [-0.3, -0.25) is 0 Å². The SMILES string of the molecule is COC(CCc1cccc2nc(-c3nn[nH]n3)cn12)c1nn[nH]n1. The first kappa shape index (κ1) is 14.4. The van der Waals surface area contributed by atoms with Crippen LogP contribution in [0.1, 0.15) is 24.0 Å². The Bertz CT molecular complexity index is 914. The van der Waals surface area contributed by atoms with Crippen LogP contribution in [0.4, 0.5) is 0 Å². The van der Waals surface area contributed by atoms with Crippen LogP contribution < -0.4 is 0 Å². The molecule has 0 amide bonds. The second-order valence-corrected chi connectivity index (χ2v) is 5.14. The highest BCUT2D eigenvalue weighted by atomic mass is 16.5. The molecule has 0 radical (unpaired) electrons. The molecular formula is C13H14N10O. The van der Waals surface area contributed by atoms with Gasteiger partial charge in [-0.25, -0.2) is 4.98 Å².